The zero-order chi connectivity index (χ0) is 24.3. The molecule has 0 fully saturated rings. The van der Waals surface area contributed by atoms with Gasteiger partial charge in [0, 0.05) is 18.8 Å². The van der Waals surface area contributed by atoms with Crippen molar-refractivity contribution < 1.29 is 9.59 Å². The van der Waals surface area contributed by atoms with Crippen LogP contribution >= 0.6 is 0 Å². The normalized spacial score (nSPS) is 12.5. The van der Waals surface area contributed by atoms with Crippen molar-refractivity contribution in [3.63, 3.8) is 0 Å². The molecule has 3 heteroatoms. The van der Waals surface area contributed by atoms with Crippen molar-refractivity contribution in [3.05, 3.63) is 71.8 Å². The fourth-order valence-electron chi connectivity index (χ4n) is 4.06. The molecule has 0 aliphatic heterocycles. The van der Waals surface area contributed by atoms with Crippen LogP contribution in [0.4, 0.5) is 0 Å². The molecule has 0 heterocycles. The summed E-state index contributed by atoms with van der Waals surface area (Å²) in [6, 6.07) is 19.7. The summed E-state index contributed by atoms with van der Waals surface area (Å²) in [5.41, 5.74) is 1.85. The van der Waals surface area contributed by atoms with Gasteiger partial charge < -0.3 is 5.32 Å². The van der Waals surface area contributed by atoms with Gasteiger partial charge in [0.25, 0.3) is 0 Å². The van der Waals surface area contributed by atoms with E-state index in [2.05, 4.69) is 63.6 Å². The van der Waals surface area contributed by atoms with Crippen molar-refractivity contribution in [2.45, 2.75) is 59.3 Å². The van der Waals surface area contributed by atoms with Gasteiger partial charge in [-0.15, -0.1) is 0 Å². The number of carbonyl (C=O) groups excluding carboxylic acids is 2. The first kappa shape index (κ1) is 26.0. The molecule has 2 unspecified atom stereocenters. The molecular formula is C30H35NO2. The van der Waals surface area contributed by atoms with Crippen LogP contribution in [0.15, 0.2) is 60.7 Å². The van der Waals surface area contributed by atoms with E-state index < -0.39 is 0 Å². The lowest BCUT2D eigenvalue weighted by Crippen LogP contribution is -2.36. The number of Topliss-reactive ketones (excluding diaryl/α,β-unsaturated/α-hetero) is 1. The molecule has 2 rings (SSSR count). The monoisotopic (exact) mass is 441 g/mol. The Balaban J connectivity index is 1.85. The van der Waals surface area contributed by atoms with Crippen LogP contribution in [0.25, 0.3) is 0 Å². The summed E-state index contributed by atoms with van der Waals surface area (Å²) in [5, 5.41) is 2.91. The van der Waals surface area contributed by atoms with E-state index in [0.29, 0.717) is 12.8 Å². The number of carbonyl (C=O) groups is 2. The van der Waals surface area contributed by atoms with Gasteiger partial charge in [0.05, 0.1) is 12.5 Å². The largest absolute Gasteiger partial charge is 0.345 e. The summed E-state index contributed by atoms with van der Waals surface area (Å²) < 4.78 is 0. The fraction of sp³-hybridized carbons (Fsp3) is 0.400. The Labute approximate surface area is 199 Å². The molecule has 0 aliphatic rings. The van der Waals surface area contributed by atoms with Gasteiger partial charge in [0.1, 0.15) is 5.78 Å². The predicted octanol–water partition coefficient (Wildman–Crippen LogP) is 5.73. The molecule has 1 N–H and O–H groups in total. The number of hydrogen-bond acceptors (Lipinski definition) is 2. The molecule has 0 saturated heterocycles. The lowest BCUT2D eigenvalue weighted by molar-refractivity contribution is -0.124. The van der Waals surface area contributed by atoms with Gasteiger partial charge >= 0.3 is 0 Å². The topological polar surface area (TPSA) is 46.2 Å². The van der Waals surface area contributed by atoms with Crippen LogP contribution in [0, 0.1) is 35.0 Å². The van der Waals surface area contributed by atoms with E-state index in [9.17, 15) is 9.59 Å². The van der Waals surface area contributed by atoms with Crippen molar-refractivity contribution in [1.82, 2.24) is 5.32 Å². The minimum Gasteiger partial charge on any atom is -0.345 e. The molecule has 0 bridgehead atoms. The summed E-state index contributed by atoms with van der Waals surface area (Å²) in [4.78, 5) is 25.5. The Morgan fingerprint density at radius 1 is 0.848 bits per heavy atom. The molecule has 0 spiro atoms. The van der Waals surface area contributed by atoms with Crippen LogP contribution in [-0.2, 0) is 9.59 Å². The summed E-state index contributed by atoms with van der Waals surface area (Å²) in [6.07, 6.45) is 0.892. The van der Waals surface area contributed by atoms with Gasteiger partial charge in [-0.3, -0.25) is 9.59 Å². The number of rotatable bonds is 8. The number of ketones is 1. The highest BCUT2D eigenvalue weighted by atomic mass is 16.2. The fourth-order valence-corrected chi connectivity index (χ4v) is 4.06. The summed E-state index contributed by atoms with van der Waals surface area (Å²) in [5.74, 6) is 11.5. The molecule has 2 aromatic carbocycles. The van der Waals surface area contributed by atoms with E-state index in [-0.39, 0.29) is 41.4 Å². The molecule has 172 valence electrons. The van der Waals surface area contributed by atoms with Crippen molar-refractivity contribution in [3.8, 4) is 23.7 Å². The number of nitrogens with one attached hydrogen (secondary N) is 1. The van der Waals surface area contributed by atoms with Gasteiger partial charge in [-0.2, -0.15) is 0 Å². The van der Waals surface area contributed by atoms with E-state index in [1.165, 1.54) is 0 Å². The van der Waals surface area contributed by atoms with Crippen LogP contribution in [0.2, 0.25) is 0 Å². The SMILES string of the molecule is CC(C)C(C(=O)CCC#CC#CCNC(=O)C(c1ccccc1)C(C)(C)C)c1ccccc1. The number of hydrogen-bond donors (Lipinski definition) is 1. The Kier molecular flexibility index (Phi) is 9.96. The third-order valence-corrected chi connectivity index (χ3v) is 5.52. The number of benzene rings is 2. The smallest absolute Gasteiger partial charge is 0.228 e. The first-order valence-corrected chi connectivity index (χ1v) is 11.6. The van der Waals surface area contributed by atoms with Crippen LogP contribution in [0.1, 0.15) is 70.4 Å². The number of amides is 1. The Hall–Kier alpha value is -3.30. The van der Waals surface area contributed by atoms with E-state index in [1.807, 2.05) is 60.7 Å². The van der Waals surface area contributed by atoms with Crippen molar-refractivity contribution in [1.29, 1.82) is 0 Å². The van der Waals surface area contributed by atoms with Crippen LogP contribution in [-0.4, -0.2) is 18.2 Å². The molecule has 2 aromatic rings. The minimum absolute atomic E-state index is 0.0396. The molecule has 0 saturated carbocycles. The second-order valence-corrected chi connectivity index (χ2v) is 9.63. The van der Waals surface area contributed by atoms with Gasteiger partial charge in [0.2, 0.25) is 5.91 Å². The second-order valence-electron chi connectivity index (χ2n) is 9.63. The van der Waals surface area contributed by atoms with Crippen LogP contribution in [0.5, 0.6) is 0 Å². The van der Waals surface area contributed by atoms with E-state index in [1.54, 1.807) is 0 Å². The van der Waals surface area contributed by atoms with Gasteiger partial charge in [-0.1, -0.05) is 107 Å². The average molecular weight is 442 g/mol. The first-order chi connectivity index (χ1) is 15.7. The quantitative estimate of drug-likeness (QED) is 0.532. The molecule has 0 aliphatic carbocycles. The Morgan fingerprint density at radius 2 is 1.39 bits per heavy atom. The van der Waals surface area contributed by atoms with Crippen molar-refractivity contribution >= 4 is 11.7 Å². The standard InChI is InChI=1S/C30H35NO2/c1-23(2)27(24-17-11-9-12-18-24)26(32)21-15-7-6-8-16-22-31-29(33)28(30(3,4)5)25-19-13-10-14-20-25/h9-14,17-20,23,27-28H,15,21-22H2,1-5H3,(H,31,33). The molecular weight excluding hydrogens is 406 g/mol. The molecule has 33 heavy (non-hydrogen) atoms. The van der Waals surface area contributed by atoms with Crippen LogP contribution in [0.3, 0.4) is 0 Å². The maximum Gasteiger partial charge on any atom is 0.228 e. The lowest BCUT2D eigenvalue weighted by atomic mass is 9.76. The summed E-state index contributed by atoms with van der Waals surface area (Å²) in [6.45, 7) is 10.6. The Bertz CT molecular complexity index is 1030. The molecule has 2 atom stereocenters. The van der Waals surface area contributed by atoms with E-state index in [4.69, 9.17) is 0 Å². The molecule has 0 radical (unpaired) electrons. The van der Waals surface area contributed by atoms with Gasteiger partial charge in [0.15, 0.2) is 0 Å². The maximum absolute atomic E-state index is 12.8. The molecule has 1 amide bonds. The van der Waals surface area contributed by atoms with E-state index >= 15 is 0 Å². The highest BCUT2D eigenvalue weighted by molar-refractivity contribution is 5.86. The highest BCUT2D eigenvalue weighted by Gasteiger charge is 2.32. The van der Waals surface area contributed by atoms with E-state index in [0.717, 1.165) is 11.1 Å². The third kappa shape index (κ3) is 8.28. The predicted molar refractivity (Wildman–Crippen MR) is 135 cm³/mol. The Morgan fingerprint density at radius 3 is 1.94 bits per heavy atom. The first-order valence-electron chi connectivity index (χ1n) is 11.6. The zero-order valence-corrected chi connectivity index (χ0v) is 20.4. The van der Waals surface area contributed by atoms with Crippen LogP contribution < -0.4 is 5.32 Å². The molecule has 0 aromatic heterocycles. The summed E-state index contributed by atoms with van der Waals surface area (Å²) >= 11 is 0. The van der Waals surface area contributed by atoms with Gasteiger partial charge in [-0.05, 0) is 34.3 Å². The summed E-state index contributed by atoms with van der Waals surface area (Å²) in [7, 11) is 0. The minimum atomic E-state index is -0.254. The van der Waals surface area contributed by atoms with Crippen molar-refractivity contribution in [2.75, 3.05) is 6.54 Å². The third-order valence-electron chi connectivity index (χ3n) is 5.52. The van der Waals surface area contributed by atoms with Gasteiger partial charge in [-0.25, -0.2) is 0 Å². The average Bonchev–Trinajstić information content (AvgIpc) is 2.76. The second kappa shape index (κ2) is 12.7. The lowest BCUT2D eigenvalue weighted by Gasteiger charge is -2.29. The van der Waals surface area contributed by atoms with Crippen molar-refractivity contribution in [2.24, 2.45) is 11.3 Å². The zero-order valence-electron chi connectivity index (χ0n) is 20.4. The highest BCUT2D eigenvalue weighted by Crippen LogP contribution is 2.35. The maximum atomic E-state index is 12.8. The molecule has 3 nitrogen and oxygen atoms in total.